The van der Waals surface area contributed by atoms with Crippen LogP contribution in [0.1, 0.15) is 40.9 Å². The van der Waals surface area contributed by atoms with E-state index in [-0.39, 0.29) is 11.5 Å². The van der Waals surface area contributed by atoms with Gasteiger partial charge in [-0.1, -0.05) is 42.4 Å². The molecule has 0 aliphatic heterocycles. The number of ether oxygens (including phenoxy) is 2. The molecule has 0 saturated carbocycles. The van der Waals surface area contributed by atoms with Crippen molar-refractivity contribution in [2.45, 2.75) is 37.7 Å². The molecule has 0 spiro atoms. The molecule has 0 fully saturated rings. The largest absolute Gasteiger partial charge is 0.493 e. The van der Waals surface area contributed by atoms with Gasteiger partial charge < -0.3 is 14.8 Å². The first-order valence-electron chi connectivity index (χ1n) is 11.5. The van der Waals surface area contributed by atoms with Crippen molar-refractivity contribution in [1.29, 1.82) is 0 Å². The number of methoxy groups -OCH3 is 1. The maximum atomic E-state index is 12.9. The highest BCUT2D eigenvalue weighted by atomic mass is 35.5. The normalized spacial score (nSPS) is 13.2. The average Bonchev–Trinajstić information content (AvgIpc) is 2.89. The summed E-state index contributed by atoms with van der Waals surface area (Å²) in [6, 6.07) is 13.3. The van der Waals surface area contributed by atoms with Crippen LogP contribution in [0, 0.1) is 0 Å². The van der Waals surface area contributed by atoms with E-state index in [2.05, 4.69) is 26.9 Å². The Balaban J connectivity index is 1.94. The van der Waals surface area contributed by atoms with Crippen LogP contribution in [-0.2, 0) is 12.6 Å². The van der Waals surface area contributed by atoms with E-state index in [0.717, 1.165) is 11.6 Å². The molecule has 0 aliphatic rings. The Morgan fingerprint density at radius 1 is 1.03 bits per heavy atom. The van der Waals surface area contributed by atoms with Crippen molar-refractivity contribution in [3.8, 4) is 11.5 Å². The molecule has 1 aromatic heterocycles. The second-order valence-electron chi connectivity index (χ2n) is 8.36. The lowest BCUT2D eigenvalue weighted by atomic mass is 9.95. The van der Waals surface area contributed by atoms with E-state index in [1.807, 2.05) is 12.1 Å². The molecule has 0 radical (unpaired) electrons. The average molecular weight is 556 g/mol. The highest BCUT2D eigenvalue weighted by Gasteiger charge is 2.32. The molecule has 0 bridgehead atoms. The zero-order chi connectivity index (χ0) is 27.9. The van der Waals surface area contributed by atoms with Crippen LogP contribution in [-0.4, -0.2) is 25.8 Å². The van der Waals surface area contributed by atoms with E-state index < -0.39 is 30.6 Å². The van der Waals surface area contributed by atoms with Crippen LogP contribution < -0.4 is 20.1 Å². The summed E-state index contributed by atoms with van der Waals surface area (Å²) >= 11 is 6.06. The van der Waals surface area contributed by atoms with Gasteiger partial charge in [-0.25, -0.2) is 0 Å². The van der Waals surface area contributed by atoms with Crippen molar-refractivity contribution in [2.24, 2.45) is 0 Å². The fourth-order valence-electron chi connectivity index (χ4n) is 3.89. The maximum Gasteiger partial charge on any atom is 0.433 e. The third-order valence-corrected chi connectivity index (χ3v) is 6.14. The Morgan fingerprint density at radius 3 is 2.26 bits per heavy atom. The summed E-state index contributed by atoms with van der Waals surface area (Å²) in [5, 5.41) is 7.14. The number of nitrogens with one attached hydrogen (secondary N) is 2. The van der Waals surface area contributed by atoms with Crippen molar-refractivity contribution in [3.05, 3.63) is 100 Å². The van der Waals surface area contributed by atoms with Gasteiger partial charge in [0.15, 0.2) is 11.5 Å². The molecular formula is C27H27ClF5N3O2. The van der Waals surface area contributed by atoms with E-state index in [1.165, 1.54) is 25.4 Å². The molecule has 2 N–H and O–H groups in total. The van der Waals surface area contributed by atoms with Crippen LogP contribution in [0.4, 0.5) is 22.0 Å². The van der Waals surface area contributed by atoms with Gasteiger partial charge in [-0.15, -0.1) is 0 Å². The Kier molecular flexibility index (Phi) is 9.93. The number of aromatic nitrogens is 1. The van der Waals surface area contributed by atoms with Crippen molar-refractivity contribution in [1.82, 2.24) is 15.6 Å². The second-order valence-corrected chi connectivity index (χ2v) is 8.79. The van der Waals surface area contributed by atoms with Gasteiger partial charge in [0, 0.05) is 30.0 Å². The molecule has 2 atom stereocenters. The van der Waals surface area contributed by atoms with Gasteiger partial charge in [0.05, 0.1) is 13.2 Å². The molecule has 204 valence electrons. The van der Waals surface area contributed by atoms with E-state index >= 15 is 0 Å². The first-order valence-corrected chi connectivity index (χ1v) is 11.9. The summed E-state index contributed by atoms with van der Waals surface area (Å²) in [7, 11) is 3.07. The Hall–Kier alpha value is -3.37. The predicted octanol–water partition coefficient (Wildman–Crippen LogP) is 7.10. The second kappa shape index (κ2) is 12.9. The van der Waals surface area contributed by atoms with E-state index in [4.69, 9.17) is 16.3 Å². The molecule has 5 nitrogen and oxygen atoms in total. The first kappa shape index (κ1) is 29.2. The zero-order valence-electron chi connectivity index (χ0n) is 20.7. The topological polar surface area (TPSA) is 55.4 Å². The monoisotopic (exact) mass is 555 g/mol. The smallest absolute Gasteiger partial charge is 0.433 e. The molecule has 2 aromatic carbocycles. The van der Waals surface area contributed by atoms with E-state index in [0.29, 0.717) is 34.7 Å². The van der Waals surface area contributed by atoms with Gasteiger partial charge in [0.25, 0.3) is 0 Å². The molecule has 0 unspecified atom stereocenters. The molecule has 1 heterocycles. The summed E-state index contributed by atoms with van der Waals surface area (Å²) in [5.74, 6) is -0.00731. The van der Waals surface area contributed by atoms with Gasteiger partial charge in [-0.3, -0.25) is 10.3 Å². The van der Waals surface area contributed by atoms with Crippen LogP contribution >= 0.6 is 11.6 Å². The molecule has 0 aliphatic carbocycles. The van der Waals surface area contributed by atoms with Crippen LogP contribution in [0.5, 0.6) is 11.5 Å². The SMILES string of the molecule is C=C(NC)[C@H](N[C@H](CCc1ccc(C(F)(F)F)nc1)c1ccc(OC(F)F)c(OC)c1)c1ccc(Cl)cc1. The van der Waals surface area contributed by atoms with Gasteiger partial charge in [-0.2, -0.15) is 22.0 Å². The van der Waals surface area contributed by atoms with Gasteiger partial charge >= 0.3 is 12.8 Å². The molecule has 11 heteroatoms. The standard InChI is InChI=1S/C27H27ClF5N3O2/c1-16(34-2)25(18-6-9-20(28)10-7-18)36-21(11-4-17-5-13-24(35-15-17)27(31,32)33)19-8-12-22(38-26(29)30)23(14-19)37-3/h5-10,12-15,21,25-26,34,36H,1,4,11H2,2-3H3/t21-,25+/m1/s1. The lowest BCUT2D eigenvalue weighted by molar-refractivity contribution is -0.141. The molecule has 0 amide bonds. The summed E-state index contributed by atoms with van der Waals surface area (Å²) in [5.41, 5.74) is 1.83. The Bertz CT molecular complexity index is 1200. The number of rotatable bonds is 12. The zero-order valence-corrected chi connectivity index (χ0v) is 21.4. The summed E-state index contributed by atoms with van der Waals surface area (Å²) < 4.78 is 74.2. The molecule has 3 aromatic rings. The predicted molar refractivity (Wildman–Crippen MR) is 135 cm³/mol. The fourth-order valence-corrected chi connectivity index (χ4v) is 4.02. The fraction of sp³-hybridized carbons (Fsp3) is 0.296. The van der Waals surface area contributed by atoms with Crippen molar-refractivity contribution >= 4 is 11.6 Å². The van der Waals surface area contributed by atoms with Crippen molar-refractivity contribution < 1.29 is 31.4 Å². The highest BCUT2D eigenvalue weighted by molar-refractivity contribution is 6.30. The molecular weight excluding hydrogens is 529 g/mol. The number of hydrogen-bond acceptors (Lipinski definition) is 5. The number of halogens is 6. The number of hydrogen-bond donors (Lipinski definition) is 2. The maximum absolute atomic E-state index is 12.9. The third kappa shape index (κ3) is 7.82. The van der Waals surface area contributed by atoms with Crippen molar-refractivity contribution in [3.63, 3.8) is 0 Å². The Labute approximate surface area is 222 Å². The van der Waals surface area contributed by atoms with Crippen LogP contribution in [0.15, 0.2) is 73.1 Å². The van der Waals surface area contributed by atoms with Gasteiger partial charge in [0.1, 0.15) is 5.69 Å². The summed E-state index contributed by atoms with van der Waals surface area (Å²) in [4.78, 5) is 3.54. The van der Waals surface area contributed by atoms with Crippen molar-refractivity contribution in [2.75, 3.05) is 14.2 Å². The van der Waals surface area contributed by atoms with Gasteiger partial charge in [-0.05, 0) is 59.9 Å². The number of benzene rings is 2. The minimum absolute atomic E-state index is 0.112. The van der Waals surface area contributed by atoms with Gasteiger partial charge in [0.2, 0.25) is 0 Å². The molecule has 38 heavy (non-hydrogen) atoms. The number of alkyl halides is 5. The molecule has 3 rings (SSSR count). The lowest BCUT2D eigenvalue weighted by Crippen LogP contribution is -2.31. The highest BCUT2D eigenvalue weighted by Crippen LogP contribution is 2.35. The first-order chi connectivity index (χ1) is 18.0. The quantitative estimate of drug-likeness (QED) is 0.233. The summed E-state index contributed by atoms with van der Waals surface area (Å²) in [6.07, 6.45) is -2.53. The van der Waals surface area contributed by atoms with E-state index in [9.17, 15) is 22.0 Å². The number of aryl methyl sites for hydroxylation is 1. The number of nitrogens with zero attached hydrogens (tertiary/aromatic N) is 1. The Morgan fingerprint density at radius 2 is 1.71 bits per heavy atom. The number of pyridine rings is 1. The van der Waals surface area contributed by atoms with Crippen LogP contribution in [0.25, 0.3) is 0 Å². The van der Waals surface area contributed by atoms with Crippen LogP contribution in [0.3, 0.4) is 0 Å². The van der Waals surface area contributed by atoms with Crippen LogP contribution in [0.2, 0.25) is 5.02 Å². The lowest BCUT2D eigenvalue weighted by Gasteiger charge is -2.29. The van der Waals surface area contributed by atoms with E-state index in [1.54, 1.807) is 31.3 Å². The minimum Gasteiger partial charge on any atom is -0.493 e. The summed E-state index contributed by atoms with van der Waals surface area (Å²) in [6.45, 7) is 1.08. The number of likely N-dealkylation sites (N-methyl/N-ethyl adjacent to an activating group) is 1. The minimum atomic E-state index is -4.53. The third-order valence-electron chi connectivity index (χ3n) is 5.88. The molecule has 0 saturated heterocycles.